The van der Waals surface area contributed by atoms with Gasteiger partial charge >= 0.3 is 0 Å². The van der Waals surface area contributed by atoms with E-state index < -0.39 is 11.6 Å². The predicted octanol–water partition coefficient (Wildman–Crippen LogP) is 2.85. The fourth-order valence-corrected chi connectivity index (χ4v) is 1.29. The molecule has 1 rings (SSSR count). The molecule has 0 unspecified atom stereocenters. The summed E-state index contributed by atoms with van der Waals surface area (Å²) in [5.41, 5.74) is -0.283. The van der Waals surface area contributed by atoms with Crippen molar-refractivity contribution in [2.75, 3.05) is 0 Å². The van der Waals surface area contributed by atoms with Crippen LogP contribution in [-0.4, -0.2) is 6.29 Å². The highest BCUT2D eigenvalue weighted by Gasteiger charge is 2.12. The smallest absolute Gasteiger partial charge is 0.154 e. The number of carbonyl (C=O) groups excluding carboxylic acids is 1. The monoisotopic (exact) mass is 234 g/mol. The van der Waals surface area contributed by atoms with Crippen molar-refractivity contribution in [1.82, 2.24) is 0 Å². The third-order valence-electron chi connectivity index (χ3n) is 1.55. The third kappa shape index (κ3) is 1.39. The summed E-state index contributed by atoms with van der Waals surface area (Å²) in [5, 5.41) is 0. The van der Waals surface area contributed by atoms with Gasteiger partial charge in [0.1, 0.15) is 11.6 Å². The molecular formula is C8H5BrF2O. The van der Waals surface area contributed by atoms with Crippen molar-refractivity contribution in [3.8, 4) is 0 Å². The second-order valence-electron chi connectivity index (χ2n) is 2.31. The van der Waals surface area contributed by atoms with Crippen LogP contribution in [0.5, 0.6) is 0 Å². The molecule has 0 spiro atoms. The van der Waals surface area contributed by atoms with Crippen LogP contribution in [0.1, 0.15) is 15.9 Å². The fraction of sp³-hybridized carbons (Fsp3) is 0.125. The minimum atomic E-state index is -0.808. The first-order chi connectivity index (χ1) is 5.57. The zero-order valence-electron chi connectivity index (χ0n) is 6.20. The molecule has 1 aromatic rings. The van der Waals surface area contributed by atoms with Crippen molar-refractivity contribution >= 4 is 22.2 Å². The molecule has 1 aromatic carbocycles. The second kappa shape index (κ2) is 3.31. The molecule has 0 radical (unpaired) electrons. The summed E-state index contributed by atoms with van der Waals surface area (Å²) in [4.78, 5) is 10.3. The summed E-state index contributed by atoms with van der Waals surface area (Å²) in [5.74, 6) is -1.47. The maximum atomic E-state index is 13.0. The van der Waals surface area contributed by atoms with Gasteiger partial charge in [-0.3, -0.25) is 4.79 Å². The highest BCUT2D eigenvalue weighted by Crippen LogP contribution is 2.23. The van der Waals surface area contributed by atoms with E-state index in [1.807, 2.05) is 0 Å². The van der Waals surface area contributed by atoms with Crippen LogP contribution in [0.25, 0.3) is 0 Å². The van der Waals surface area contributed by atoms with Crippen LogP contribution in [0.2, 0.25) is 0 Å². The molecule has 0 aromatic heterocycles. The molecule has 0 aliphatic heterocycles. The van der Waals surface area contributed by atoms with Crippen LogP contribution >= 0.6 is 15.9 Å². The first-order valence-electron chi connectivity index (χ1n) is 3.17. The quantitative estimate of drug-likeness (QED) is 0.684. The van der Waals surface area contributed by atoms with Crippen molar-refractivity contribution in [2.45, 2.75) is 6.92 Å². The van der Waals surface area contributed by atoms with E-state index in [-0.39, 0.29) is 15.6 Å². The molecule has 0 saturated carbocycles. The van der Waals surface area contributed by atoms with Gasteiger partial charge in [0.2, 0.25) is 0 Å². The standard InChI is InChI=1S/C8H5BrF2O/c1-4-7(10)2-6(9)5(3-12)8(4)11/h2-3H,1H3. The number of rotatable bonds is 1. The van der Waals surface area contributed by atoms with Crippen molar-refractivity contribution in [2.24, 2.45) is 0 Å². The summed E-state index contributed by atoms with van der Waals surface area (Å²) in [7, 11) is 0. The van der Waals surface area contributed by atoms with Gasteiger partial charge in [0, 0.05) is 10.0 Å². The minimum absolute atomic E-state index is 0.137. The second-order valence-corrected chi connectivity index (χ2v) is 3.17. The Bertz CT molecular complexity index is 336. The van der Waals surface area contributed by atoms with E-state index in [0.717, 1.165) is 6.07 Å². The third-order valence-corrected chi connectivity index (χ3v) is 2.21. The molecule has 64 valence electrons. The van der Waals surface area contributed by atoms with Gasteiger partial charge in [-0.05, 0) is 28.9 Å². The molecule has 12 heavy (non-hydrogen) atoms. The largest absolute Gasteiger partial charge is 0.298 e. The van der Waals surface area contributed by atoms with Crippen LogP contribution in [0.15, 0.2) is 10.5 Å². The van der Waals surface area contributed by atoms with Crippen LogP contribution in [0.4, 0.5) is 8.78 Å². The lowest BCUT2D eigenvalue weighted by Crippen LogP contribution is -1.96. The topological polar surface area (TPSA) is 17.1 Å². The van der Waals surface area contributed by atoms with Gasteiger partial charge in [-0.25, -0.2) is 8.78 Å². The molecule has 0 atom stereocenters. The Morgan fingerprint density at radius 2 is 2.08 bits per heavy atom. The molecule has 0 fully saturated rings. The Morgan fingerprint density at radius 3 is 2.58 bits per heavy atom. The van der Waals surface area contributed by atoms with Crippen LogP contribution < -0.4 is 0 Å². The molecule has 0 amide bonds. The fourth-order valence-electron chi connectivity index (χ4n) is 0.817. The average Bonchev–Trinajstić information content (AvgIpc) is 2.01. The lowest BCUT2D eigenvalue weighted by atomic mass is 10.1. The van der Waals surface area contributed by atoms with Gasteiger partial charge in [0.05, 0.1) is 5.56 Å². The van der Waals surface area contributed by atoms with E-state index in [1.165, 1.54) is 6.92 Å². The molecular weight excluding hydrogens is 230 g/mol. The number of hydrogen-bond donors (Lipinski definition) is 0. The van der Waals surface area contributed by atoms with Crippen molar-refractivity contribution < 1.29 is 13.6 Å². The van der Waals surface area contributed by atoms with E-state index in [0.29, 0.717) is 6.29 Å². The number of benzene rings is 1. The van der Waals surface area contributed by atoms with Crippen molar-refractivity contribution in [3.05, 3.63) is 33.3 Å². The maximum absolute atomic E-state index is 13.0. The predicted molar refractivity (Wildman–Crippen MR) is 44.2 cm³/mol. The van der Waals surface area contributed by atoms with E-state index in [1.54, 1.807) is 0 Å². The summed E-state index contributed by atoms with van der Waals surface area (Å²) < 4.78 is 25.9. The first-order valence-corrected chi connectivity index (χ1v) is 3.96. The Kier molecular flexibility index (Phi) is 2.57. The van der Waals surface area contributed by atoms with Gasteiger partial charge in [0.25, 0.3) is 0 Å². The Labute approximate surface area is 76.5 Å². The first kappa shape index (κ1) is 9.32. The number of aldehydes is 1. The summed E-state index contributed by atoms with van der Waals surface area (Å²) >= 11 is 2.88. The van der Waals surface area contributed by atoms with E-state index in [9.17, 15) is 13.6 Å². The highest BCUT2D eigenvalue weighted by molar-refractivity contribution is 9.10. The lowest BCUT2D eigenvalue weighted by molar-refractivity contribution is 0.111. The van der Waals surface area contributed by atoms with E-state index >= 15 is 0 Å². The van der Waals surface area contributed by atoms with Gasteiger partial charge < -0.3 is 0 Å². The number of halogens is 3. The minimum Gasteiger partial charge on any atom is -0.298 e. The summed E-state index contributed by atoms with van der Waals surface area (Å²) in [6.45, 7) is 1.28. The molecule has 1 nitrogen and oxygen atoms in total. The van der Waals surface area contributed by atoms with E-state index in [4.69, 9.17) is 0 Å². The normalized spacial score (nSPS) is 10.0. The molecule has 0 N–H and O–H groups in total. The summed E-state index contributed by atoms with van der Waals surface area (Å²) in [6.07, 6.45) is 0.353. The van der Waals surface area contributed by atoms with Crippen LogP contribution in [-0.2, 0) is 0 Å². The highest BCUT2D eigenvalue weighted by atomic mass is 79.9. The van der Waals surface area contributed by atoms with E-state index in [2.05, 4.69) is 15.9 Å². The van der Waals surface area contributed by atoms with Crippen molar-refractivity contribution in [1.29, 1.82) is 0 Å². The molecule has 0 heterocycles. The Hall–Kier alpha value is -0.770. The van der Waals surface area contributed by atoms with Gasteiger partial charge in [0.15, 0.2) is 6.29 Å². The molecule has 0 aliphatic carbocycles. The summed E-state index contributed by atoms with van der Waals surface area (Å²) in [6, 6.07) is 1.07. The molecule has 0 aliphatic rings. The Balaban J connectivity index is 3.51. The molecule has 0 bridgehead atoms. The number of carbonyl (C=O) groups is 1. The maximum Gasteiger partial charge on any atom is 0.154 e. The molecule has 4 heteroatoms. The SMILES string of the molecule is Cc1c(F)cc(Br)c(C=O)c1F. The van der Waals surface area contributed by atoms with Crippen LogP contribution in [0.3, 0.4) is 0 Å². The van der Waals surface area contributed by atoms with Crippen LogP contribution in [0, 0.1) is 18.6 Å². The van der Waals surface area contributed by atoms with Gasteiger partial charge in [-0.1, -0.05) is 0 Å². The zero-order valence-corrected chi connectivity index (χ0v) is 7.78. The Morgan fingerprint density at radius 1 is 1.50 bits per heavy atom. The van der Waals surface area contributed by atoms with Gasteiger partial charge in [-0.15, -0.1) is 0 Å². The average molecular weight is 235 g/mol. The zero-order chi connectivity index (χ0) is 9.30. The lowest BCUT2D eigenvalue weighted by Gasteiger charge is -2.02. The van der Waals surface area contributed by atoms with Gasteiger partial charge in [-0.2, -0.15) is 0 Å². The number of hydrogen-bond acceptors (Lipinski definition) is 1. The van der Waals surface area contributed by atoms with Crippen molar-refractivity contribution in [3.63, 3.8) is 0 Å². The molecule has 0 saturated heterocycles.